The minimum Gasteiger partial charge on any atom is -0.350 e. The molecule has 0 aliphatic heterocycles. The van der Waals surface area contributed by atoms with E-state index in [2.05, 4.69) is 10.6 Å². The minimum absolute atomic E-state index is 0.179. The first-order valence-corrected chi connectivity index (χ1v) is 9.12. The van der Waals surface area contributed by atoms with Crippen LogP contribution in [0.2, 0.25) is 5.02 Å². The van der Waals surface area contributed by atoms with Crippen molar-refractivity contribution in [1.82, 2.24) is 10.6 Å². The molecule has 0 fully saturated rings. The van der Waals surface area contributed by atoms with Crippen LogP contribution in [0.3, 0.4) is 0 Å². The molecule has 5 heteroatoms. The van der Waals surface area contributed by atoms with E-state index in [1.54, 1.807) is 24.3 Å². The molecule has 26 heavy (non-hydrogen) atoms. The molecule has 0 saturated heterocycles. The SMILES string of the molecule is Cc1ccc(CNC(=O)C(CC(C)C)NC(=O)c2ccc(Cl)cc2)cc1. The van der Waals surface area contributed by atoms with Crippen LogP contribution in [0.15, 0.2) is 48.5 Å². The average molecular weight is 373 g/mol. The number of benzene rings is 2. The number of hydrogen-bond donors (Lipinski definition) is 2. The Morgan fingerprint density at radius 3 is 2.19 bits per heavy atom. The fraction of sp³-hybridized carbons (Fsp3) is 0.333. The second kappa shape index (κ2) is 9.39. The van der Waals surface area contributed by atoms with Crippen molar-refractivity contribution in [2.75, 3.05) is 0 Å². The van der Waals surface area contributed by atoms with Gasteiger partial charge in [-0.15, -0.1) is 0 Å². The van der Waals surface area contributed by atoms with E-state index >= 15 is 0 Å². The third-order valence-corrected chi connectivity index (χ3v) is 4.27. The standard InChI is InChI=1S/C21H25ClN2O2/c1-14(2)12-19(24-20(25)17-8-10-18(22)11-9-17)21(26)23-13-16-6-4-15(3)5-7-16/h4-11,14,19H,12-13H2,1-3H3,(H,23,26)(H,24,25). The van der Waals surface area contributed by atoms with Crippen molar-refractivity contribution in [3.05, 3.63) is 70.2 Å². The van der Waals surface area contributed by atoms with E-state index in [1.807, 2.05) is 45.0 Å². The minimum atomic E-state index is -0.580. The first kappa shape index (κ1) is 20.0. The highest BCUT2D eigenvalue weighted by Gasteiger charge is 2.22. The number of carbonyl (C=O) groups is 2. The molecule has 2 amide bonds. The fourth-order valence-electron chi connectivity index (χ4n) is 2.56. The van der Waals surface area contributed by atoms with Gasteiger partial charge in [-0.1, -0.05) is 55.3 Å². The third-order valence-electron chi connectivity index (χ3n) is 4.02. The summed E-state index contributed by atoms with van der Waals surface area (Å²) in [5.41, 5.74) is 2.68. The molecule has 138 valence electrons. The summed E-state index contributed by atoms with van der Waals surface area (Å²) < 4.78 is 0. The van der Waals surface area contributed by atoms with E-state index < -0.39 is 6.04 Å². The van der Waals surface area contributed by atoms with Gasteiger partial charge in [0.05, 0.1) is 0 Å². The van der Waals surface area contributed by atoms with Gasteiger partial charge in [-0.25, -0.2) is 0 Å². The quantitative estimate of drug-likeness (QED) is 0.768. The summed E-state index contributed by atoms with van der Waals surface area (Å²) in [5, 5.41) is 6.32. The first-order valence-electron chi connectivity index (χ1n) is 8.75. The molecule has 0 aliphatic carbocycles. The van der Waals surface area contributed by atoms with E-state index in [0.29, 0.717) is 23.6 Å². The maximum absolute atomic E-state index is 12.6. The molecule has 0 aromatic heterocycles. The average Bonchev–Trinajstić information content (AvgIpc) is 2.60. The van der Waals surface area contributed by atoms with Crippen LogP contribution in [0.5, 0.6) is 0 Å². The van der Waals surface area contributed by atoms with Crippen LogP contribution in [-0.2, 0) is 11.3 Å². The van der Waals surface area contributed by atoms with Crippen molar-refractivity contribution in [3.63, 3.8) is 0 Å². The zero-order valence-corrected chi connectivity index (χ0v) is 16.1. The number of halogens is 1. The third kappa shape index (κ3) is 6.19. The molecule has 2 N–H and O–H groups in total. The van der Waals surface area contributed by atoms with Crippen LogP contribution in [0.1, 0.15) is 41.8 Å². The molecular formula is C21H25ClN2O2. The summed E-state index contributed by atoms with van der Waals surface area (Å²) in [6.07, 6.45) is 0.569. The Morgan fingerprint density at radius 1 is 1.00 bits per heavy atom. The van der Waals surface area contributed by atoms with Gasteiger partial charge in [0, 0.05) is 17.1 Å². The van der Waals surface area contributed by atoms with E-state index in [0.717, 1.165) is 5.56 Å². The lowest BCUT2D eigenvalue weighted by atomic mass is 10.0. The predicted molar refractivity (Wildman–Crippen MR) is 105 cm³/mol. The molecule has 2 aromatic carbocycles. The highest BCUT2D eigenvalue weighted by molar-refractivity contribution is 6.30. The number of aryl methyl sites for hydroxylation is 1. The Labute approximate surface area is 159 Å². The Kier molecular flexibility index (Phi) is 7.22. The van der Waals surface area contributed by atoms with Gasteiger partial charge in [-0.05, 0) is 49.1 Å². The van der Waals surface area contributed by atoms with Gasteiger partial charge in [-0.2, -0.15) is 0 Å². The van der Waals surface area contributed by atoms with Crippen molar-refractivity contribution in [2.45, 2.75) is 39.8 Å². The van der Waals surface area contributed by atoms with Gasteiger partial charge >= 0.3 is 0 Å². The molecule has 2 aromatic rings. The van der Waals surface area contributed by atoms with E-state index in [1.165, 1.54) is 5.56 Å². The fourth-order valence-corrected chi connectivity index (χ4v) is 2.69. The molecule has 1 atom stereocenters. The molecule has 0 spiro atoms. The maximum Gasteiger partial charge on any atom is 0.251 e. The second-order valence-electron chi connectivity index (χ2n) is 6.87. The van der Waals surface area contributed by atoms with E-state index in [4.69, 9.17) is 11.6 Å². The monoisotopic (exact) mass is 372 g/mol. The highest BCUT2D eigenvalue weighted by atomic mass is 35.5. The summed E-state index contributed by atoms with van der Waals surface area (Å²) >= 11 is 5.85. The maximum atomic E-state index is 12.6. The van der Waals surface area contributed by atoms with Crippen LogP contribution in [0.4, 0.5) is 0 Å². The van der Waals surface area contributed by atoms with Gasteiger partial charge in [-0.3, -0.25) is 9.59 Å². The number of hydrogen-bond acceptors (Lipinski definition) is 2. The Morgan fingerprint density at radius 2 is 1.62 bits per heavy atom. The zero-order valence-electron chi connectivity index (χ0n) is 15.4. The molecular weight excluding hydrogens is 348 g/mol. The summed E-state index contributed by atoms with van der Waals surface area (Å²) in [4.78, 5) is 25.0. The zero-order chi connectivity index (χ0) is 19.1. The molecule has 0 radical (unpaired) electrons. The van der Waals surface area contributed by atoms with E-state index in [9.17, 15) is 9.59 Å². The van der Waals surface area contributed by atoms with Crippen LogP contribution in [0.25, 0.3) is 0 Å². The smallest absolute Gasteiger partial charge is 0.251 e. The normalized spacial score (nSPS) is 11.9. The number of amides is 2. The Balaban J connectivity index is 2.00. The van der Waals surface area contributed by atoms with Crippen LogP contribution in [-0.4, -0.2) is 17.9 Å². The van der Waals surface area contributed by atoms with Gasteiger partial charge in [0.1, 0.15) is 6.04 Å². The van der Waals surface area contributed by atoms with Gasteiger partial charge < -0.3 is 10.6 Å². The van der Waals surface area contributed by atoms with Crippen molar-refractivity contribution >= 4 is 23.4 Å². The second-order valence-corrected chi connectivity index (χ2v) is 7.30. The summed E-state index contributed by atoms with van der Waals surface area (Å²) in [5.74, 6) is -0.185. The van der Waals surface area contributed by atoms with Gasteiger partial charge in [0.15, 0.2) is 0 Å². The van der Waals surface area contributed by atoms with Gasteiger partial charge in [0.25, 0.3) is 5.91 Å². The van der Waals surface area contributed by atoms with Crippen molar-refractivity contribution in [1.29, 1.82) is 0 Å². The highest BCUT2D eigenvalue weighted by Crippen LogP contribution is 2.11. The molecule has 1 unspecified atom stereocenters. The van der Waals surface area contributed by atoms with Crippen LogP contribution < -0.4 is 10.6 Å². The molecule has 0 saturated carbocycles. The number of carbonyl (C=O) groups excluding carboxylic acids is 2. The summed E-state index contributed by atoms with van der Waals surface area (Å²) in [6.45, 7) is 6.50. The lowest BCUT2D eigenvalue weighted by Crippen LogP contribution is -2.47. The van der Waals surface area contributed by atoms with Crippen molar-refractivity contribution in [2.24, 2.45) is 5.92 Å². The molecule has 4 nitrogen and oxygen atoms in total. The Hall–Kier alpha value is -2.33. The predicted octanol–water partition coefficient (Wildman–Crippen LogP) is 4.11. The van der Waals surface area contributed by atoms with Crippen molar-refractivity contribution in [3.8, 4) is 0 Å². The molecule has 0 heterocycles. The summed E-state index contributed by atoms with van der Waals surface area (Å²) in [6, 6.07) is 14.0. The van der Waals surface area contributed by atoms with Gasteiger partial charge in [0.2, 0.25) is 5.91 Å². The Bertz CT molecular complexity index is 740. The van der Waals surface area contributed by atoms with E-state index in [-0.39, 0.29) is 17.7 Å². The number of rotatable bonds is 7. The summed E-state index contributed by atoms with van der Waals surface area (Å²) in [7, 11) is 0. The number of nitrogens with one attached hydrogen (secondary N) is 2. The van der Waals surface area contributed by atoms with Crippen LogP contribution >= 0.6 is 11.6 Å². The lowest BCUT2D eigenvalue weighted by molar-refractivity contribution is -0.123. The van der Waals surface area contributed by atoms with Crippen molar-refractivity contribution < 1.29 is 9.59 Å². The van der Waals surface area contributed by atoms with Crippen LogP contribution in [0, 0.1) is 12.8 Å². The largest absolute Gasteiger partial charge is 0.350 e. The molecule has 0 bridgehead atoms. The lowest BCUT2D eigenvalue weighted by Gasteiger charge is -2.20. The topological polar surface area (TPSA) is 58.2 Å². The molecule has 2 rings (SSSR count). The first-order chi connectivity index (χ1) is 12.3. The molecule has 0 aliphatic rings.